The lowest BCUT2D eigenvalue weighted by Crippen LogP contribution is -2.62. The van der Waals surface area contributed by atoms with Gasteiger partial charge in [0.1, 0.15) is 66.5 Å². The van der Waals surface area contributed by atoms with Gasteiger partial charge in [-0.1, -0.05) is 134 Å². The maximum atomic E-state index is 14.5. The summed E-state index contributed by atoms with van der Waals surface area (Å²) in [5, 5.41) is 48.9. The van der Waals surface area contributed by atoms with Gasteiger partial charge >= 0.3 is 5.97 Å². The number of aliphatic hydroxyl groups excluding tert-OH is 1. The highest BCUT2D eigenvalue weighted by Crippen LogP contribution is 2.23. The van der Waals surface area contributed by atoms with E-state index in [9.17, 15) is 77.3 Å². The number of benzene rings is 1. The molecule has 102 heavy (non-hydrogen) atoms. The molecule has 1 aromatic carbocycles. The maximum Gasteiger partial charge on any atom is 0.303 e. The van der Waals surface area contributed by atoms with Crippen LogP contribution in [0.2, 0.25) is 0 Å². The van der Waals surface area contributed by atoms with Crippen molar-refractivity contribution < 1.29 is 77.3 Å². The molecule has 0 bridgehead atoms. The molecule has 0 saturated carbocycles. The molecule has 1 fully saturated rings. The highest BCUT2D eigenvalue weighted by atomic mass is 16.4. The van der Waals surface area contributed by atoms with Crippen LogP contribution in [-0.4, -0.2) is 197 Å². The summed E-state index contributed by atoms with van der Waals surface area (Å²) in [4.78, 5) is 194. The van der Waals surface area contributed by atoms with E-state index in [4.69, 9.17) is 17.2 Å². The molecule has 2 rings (SSSR count). The van der Waals surface area contributed by atoms with Crippen molar-refractivity contribution in [1.29, 1.82) is 0 Å². The van der Waals surface area contributed by atoms with Crippen molar-refractivity contribution in [3.8, 4) is 0 Å². The first-order valence-electron chi connectivity index (χ1n) is 36.1. The van der Waals surface area contributed by atoms with E-state index in [0.29, 0.717) is 19.3 Å². The molecule has 1 heterocycles. The van der Waals surface area contributed by atoms with Gasteiger partial charge in [0.15, 0.2) is 0 Å². The normalized spacial score (nSPS) is 16.5. The third-order valence-corrected chi connectivity index (χ3v) is 17.3. The monoisotopic (exact) mass is 1440 g/mol. The molecule has 1 aliphatic heterocycles. The number of carbonyl (C=O) groups excluding carboxylic acids is 13. The number of hydrogen-bond donors (Lipinski definition) is 16. The lowest BCUT2D eigenvalue weighted by atomic mass is 9.95. The van der Waals surface area contributed by atoms with Crippen molar-refractivity contribution in [3.05, 3.63) is 35.9 Å². The third-order valence-electron chi connectivity index (χ3n) is 17.3. The molecule has 0 aliphatic carbocycles. The molecular weight excluding hydrogens is 1320 g/mol. The molecule has 1 aromatic rings. The first-order valence-corrected chi connectivity index (χ1v) is 36.1. The van der Waals surface area contributed by atoms with Crippen LogP contribution in [0.4, 0.5) is 0 Å². The van der Waals surface area contributed by atoms with Crippen molar-refractivity contribution in [1.82, 2.24) is 63.4 Å². The minimum atomic E-state index is -1.65. The Kier molecular flexibility index (Phi) is 40.1. The van der Waals surface area contributed by atoms with Crippen LogP contribution in [0.5, 0.6) is 0 Å². The number of nitrogens with one attached hydrogen (secondary N) is 11. The molecule has 13 amide bonds. The summed E-state index contributed by atoms with van der Waals surface area (Å²) in [5.74, 6) is -13.4. The Morgan fingerprint density at radius 2 is 0.951 bits per heavy atom. The Hall–Kier alpha value is -8.32. The largest absolute Gasteiger partial charge is 0.481 e. The van der Waals surface area contributed by atoms with Gasteiger partial charge in [-0.15, -0.1) is 0 Å². The van der Waals surface area contributed by atoms with Crippen LogP contribution >= 0.6 is 0 Å². The summed E-state index contributed by atoms with van der Waals surface area (Å²) in [6.45, 7) is 23.6. The first-order chi connectivity index (χ1) is 47.8. The van der Waals surface area contributed by atoms with Gasteiger partial charge in [0.25, 0.3) is 0 Å². The van der Waals surface area contributed by atoms with E-state index < -0.39 is 193 Å². The molecule has 31 nitrogen and oxygen atoms in total. The number of carboxylic acids is 1. The van der Waals surface area contributed by atoms with Crippen LogP contribution in [0.15, 0.2) is 30.3 Å². The van der Waals surface area contributed by atoms with Crippen LogP contribution in [0, 0.1) is 41.4 Å². The van der Waals surface area contributed by atoms with Crippen molar-refractivity contribution in [2.75, 3.05) is 26.2 Å². The van der Waals surface area contributed by atoms with E-state index in [-0.39, 0.29) is 100 Å². The van der Waals surface area contributed by atoms with Crippen LogP contribution in [0.25, 0.3) is 0 Å². The van der Waals surface area contributed by atoms with E-state index in [1.54, 1.807) is 55.4 Å². The predicted octanol–water partition coefficient (Wildman–Crippen LogP) is -0.0844. The van der Waals surface area contributed by atoms with Crippen molar-refractivity contribution in [3.63, 3.8) is 0 Å². The Bertz CT molecular complexity index is 2930. The van der Waals surface area contributed by atoms with E-state index in [2.05, 4.69) is 58.5 Å². The zero-order valence-electron chi connectivity index (χ0n) is 62.4. The highest BCUT2D eigenvalue weighted by molar-refractivity contribution is 6.00. The summed E-state index contributed by atoms with van der Waals surface area (Å²) in [5.41, 5.74) is 18.5. The maximum absolute atomic E-state index is 14.5. The number of amides is 13. The van der Waals surface area contributed by atoms with Crippen molar-refractivity contribution in [2.45, 2.75) is 259 Å². The number of hydrogen-bond acceptors (Lipinski definition) is 17. The summed E-state index contributed by atoms with van der Waals surface area (Å²) < 4.78 is 0. The fraction of sp³-hybridized carbons (Fsp3) is 0.718. The van der Waals surface area contributed by atoms with Crippen molar-refractivity contribution in [2.24, 2.45) is 58.6 Å². The summed E-state index contributed by atoms with van der Waals surface area (Å²) in [7, 11) is 0. The van der Waals surface area contributed by atoms with Gasteiger partial charge in [0, 0.05) is 13.0 Å². The molecule has 0 spiro atoms. The second kappa shape index (κ2) is 45.6. The van der Waals surface area contributed by atoms with Gasteiger partial charge in [0.2, 0.25) is 76.8 Å². The number of rotatable bonds is 47. The highest BCUT2D eigenvalue weighted by Gasteiger charge is 2.42. The number of aliphatic hydroxyl groups is 1. The molecule has 13 atom stereocenters. The Balaban J connectivity index is 2.36. The lowest BCUT2D eigenvalue weighted by Gasteiger charge is -2.32. The Labute approximate surface area is 601 Å². The van der Waals surface area contributed by atoms with Crippen LogP contribution in [-0.2, 0) is 73.5 Å². The molecule has 1 aliphatic rings. The molecule has 1 saturated heterocycles. The molecule has 0 radical (unpaired) electrons. The summed E-state index contributed by atoms with van der Waals surface area (Å²) >= 11 is 0. The van der Waals surface area contributed by atoms with Gasteiger partial charge in [-0.05, 0) is 131 Å². The average Bonchev–Trinajstić information content (AvgIpc) is 1.60. The minimum absolute atomic E-state index is 0.00340. The SMILES string of the molecule is CC[C@H](C)[C@H](NC(=O)[C@@H]1CCCN1C(=O)[C@H](CC(C)C)NC(=O)[C@@H](N)Cc1ccccc1)C(=O)N[C@H](C(=O)N[C@@H](CCC(=O)O)C(=O)N[C@@H](CCCCN)C(=O)N[C@@H](CC(C)C)C(=O)N[C@@H](CC(C)C)C(=O)N[C@@H](CO)C(=O)NCC(=O)N[C@@H](CC(C)C)C(=O)N[C@@H](CC(C)C)C(N)=O)C(C)C. The van der Waals surface area contributed by atoms with Crippen LogP contribution in [0.3, 0.4) is 0 Å². The van der Waals surface area contributed by atoms with Gasteiger partial charge in [-0.2, -0.15) is 0 Å². The Morgan fingerprint density at radius 3 is 1.43 bits per heavy atom. The molecule has 0 unspecified atom stereocenters. The predicted molar refractivity (Wildman–Crippen MR) is 383 cm³/mol. The molecule has 576 valence electrons. The smallest absolute Gasteiger partial charge is 0.303 e. The van der Waals surface area contributed by atoms with Gasteiger partial charge in [0.05, 0.1) is 19.2 Å². The number of carbonyl (C=O) groups is 14. The van der Waals surface area contributed by atoms with E-state index >= 15 is 0 Å². The standard InChI is InChI=1S/C71H121N15O16/c1-15-44(14)59(85-68(99)55-25-21-29-86(55)71(102)53(34-42(10)11)82-61(92)46(73)35-45-22-17-16-18-23-45)70(101)84-58(43(12)13)69(100)78-48(26-27-57(89)90)64(95)77-47(24-19-20-28-72)63(94)80-51(32-40(6)7)66(97)81-52(33-41(8)9)67(98)83-54(37-87)62(93)75-36-56(88)76-50(31-39(4)5)65(96)79-49(60(74)91)30-38(2)3/h16-18,22-23,38-44,46-55,58-59,87H,15,19-21,24-37,72-73H2,1-14H3,(H2,74,91)(H,75,93)(H,76,88)(H,77,95)(H,78,100)(H,79,96)(H,80,94)(H,81,97)(H,82,92)(H,83,98)(H,84,101)(H,85,99)(H,89,90)/t44-,46-,47-,48-,49-,50-,51-,52-,53-,54-,55-,58-,59-/m0/s1. The average molecular weight is 1440 g/mol. The van der Waals surface area contributed by atoms with Gasteiger partial charge in [-0.3, -0.25) is 67.1 Å². The lowest BCUT2D eigenvalue weighted by molar-refractivity contribution is -0.143. The van der Waals surface area contributed by atoms with Gasteiger partial charge in [-0.25, -0.2) is 0 Å². The number of carboxylic acid groups (broad SMARTS) is 1. The number of nitrogens with two attached hydrogens (primary N) is 3. The zero-order valence-corrected chi connectivity index (χ0v) is 62.4. The van der Waals surface area contributed by atoms with Gasteiger partial charge < -0.3 is 90.8 Å². The van der Waals surface area contributed by atoms with E-state index in [1.807, 2.05) is 71.9 Å². The summed E-state index contributed by atoms with van der Waals surface area (Å²) in [6.07, 6.45) is 1.42. The quantitative estimate of drug-likeness (QED) is 0.0379. The molecule has 31 heteroatoms. The van der Waals surface area contributed by atoms with E-state index in [0.717, 1.165) is 5.56 Å². The second-order valence-corrected chi connectivity index (χ2v) is 29.3. The first kappa shape index (κ1) is 89.8. The topological polar surface area (TPSA) is 493 Å². The molecular formula is C71H121N15O16. The van der Waals surface area contributed by atoms with Crippen LogP contribution < -0.4 is 75.7 Å². The fourth-order valence-electron chi connectivity index (χ4n) is 11.6. The number of likely N-dealkylation sites (tertiary alicyclic amines) is 1. The fourth-order valence-corrected chi connectivity index (χ4v) is 11.6. The molecule has 19 N–H and O–H groups in total. The van der Waals surface area contributed by atoms with Crippen molar-refractivity contribution >= 4 is 82.8 Å². The molecule has 0 aromatic heterocycles. The van der Waals surface area contributed by atoms with Crippen LogP contribution in [0.1, 0.15) is 186 Å². The third kappa shape index (κ3) is 32.3. The zero-order chi connectivity index (χ0) is 77.2. The summed E-state index contributed by atoms with van der Waals surface area (Å²) in [6, 6.07) is -5.98. The number of aliphatic carboxylic acids is 1. The second-order valence-electron chi connectivity index (χ2n) is 29.3. The number of unbranched alkanes of at least 4 members (excludes halogenated alkanes) is 1. The minimum Gasteiger partial charge on any atom is -0.481 e. The Morgan fingerprint density at radius 1 is 0.510 bits per heavy atom. The van der Waals surface area contributed by atoms with E-state index in [1.165, 1.54) is 4.90 Å². The number of primary amides is 1. The number of nitrogens with zero attached hydrogens (tertiary/aromatic N) is 1.